The summed E-state index contributed by atoms with van der Waals surface area (Å²) in [7, 11) is 0. The molecule has 6 heteroatoms. The zero-order chi connectivity index (χ0) is 11.5. The molecule has 0 radical (unpaired) electrons. The summed E-state index contributed by atoms with van der Waals surface area (Å²) in [5.41, 5.74) is 5.93. The SMILES string of the molecule is CCOC(=O)c1n[nH]nc1C(C)(N)CC. The van der Waals surface area contributed by atoms with E-state index in [0.29, 0.717) is 18.7 Å². The highest BCUT2D eigenvalue weighted by molar-refractivity contribution is 5.88. The average molecular weight is 212 g/mol. The van der Waals surface area contributed by atoms with E-state index >= 15 is 0 Å². The molecule has 0 fully saturated rings. The summed E-state index contributed by atoms with van der Waals surface area (Å²) in [5, 5.41) is 10.1. The molecule has 0 saturated heterocycles. The standard InChI is InChI=1S/C9H16N4O2/c1-4-9(3,10)7-6(11-13-12-7)8(14)15-5-2/h4-5,10H2,1-3H3,(H,11,12,13). The molecule has 0 amide bonds. The molecule has 6 nitrogen and oxygen atoms in total. The van der Waals surface area contributed by atoms with Gasteiger partial charge in [-0.1, -0.05) is 6.92 Å². The maximum absolute atomic E-state index is 11.5. The fraction of sp³-hybridized carbons (Fsp3) is 0.667. The Morgan fingerprint density at radius 3 is 2.73 bits per heavy atom. The highest BCUT2D eigenvalue weighted by atomic mass is 16.5. The summed E-state index contributed by atoms with van der Waals surface area (Å²) in [5.74, 6) is -0.494. The molecule has 0 spiro atoms. The van der Waals surface area contributed by atoms with Gasteiger partial charge in [-0.3, -0.25) is 0 Å². The third-order valence-corrected chi connectivity index (χ3v) is 2.29. The lowest BCUT2D eigenvalue weighted by Gasteiger charge is -2.20. The monoisotopic (exact) mass is 212 g/mol. The first kappa shape index (κ1) is 11.6. The lowest BCUT2D eigenvalue weighted by Crippen LogP contribution is -2.34. The topological polar surface area (TPSA) is 93.9 Å². The Bertz CT molecular complexity index is 346. The molecule has 1 unspecified atom stereocenters. The number of carbonyl (C=O) groups excluding carboxylic acids is 1. The fourth-order valence-corrected chi connectivity index (χ4v) is 1.14. The predicted molar refractivity (Wildman–Crippen MR) is 54.2 cm³/mol. The number of hydrogen-bond donors (Lipinski definition) is 2. The number of esters is 1. The fourth-order valence-electron chi connectivity index (χ4n) is 1.14. The van der Waals surface area contributed by atoms with Crippen molar-refractivity contribution in [2.45, 2.75) is 32.7 Å². The minimum absolute atomic E-state index is 0.170. The van der Waals surface area contributed by atoms with E-state index < -0.39 is 11.5 Å². The van der Waals surface area contributed by atoms with Crippen LogP contribution in [0.5, 0.6) is 0 Å². The molecule has 1 atom stereocenters. The van der Waals surface area contributed by atoms with Gasteiger partial charge in [0.25, 0.3) is 0 Å². The Morgan fingerprint density at radius 2 is 2.20 bits per heavy atom. The van der Waals surface area contributed by atoms with Crippen LogP contribution in [0.2, 0.25) is 0 Å². The van der Waals surface area contributed by atoms with Gasteiger partial charge in [0.15, 0.2) is 5.69 Å². The summed E-state index contributed by atoms with van der Waals surface area (Å²) in [4.78, 5) is 11.5. The smallest absolute Gasteiger partial charge is 0.360 e. The molecule has 1 aromatic rings. The van der Waals surface area contributed by atoms with Crippen LogP contribution in [0.15, 0.2) is 0 Å². The number of nitrogens with zero attached hydrogens (tertiary/aromatic N) is 2. The van der Waals surface area contributed by atoms with Crippen LogP contribution >= 0.6 is 0 Å². The zero-order valence-electron chi connectivity index (χ0n) is 9.20. The van der Waals surface area contributed by atoms with Crippen molar-refractivity contribution >= 4 is 5.97 Å². The molecule has 0 aromatic carbocycles. The summed E-state index contributed by atoms with van der Waals surface area (Å²) in [6, 6.07) is 0. The maximum atomic E-state index is 11.5. The summed E-state index contributed by atoms with van der Waals surface area (Å²) in [6.07, 6.45) is 0.659. The molecule has 0 bridgehead atoms. The number of carbonyl (C=O) groups is 1. The number of aromatic amines is 1. The Hall–Kier alpha value is -1.43. The molecule has 15 heavy (non-hydrogen) atoms. The molecule has 0 saturated carbocycles. The zero-order valence-corrected chi connectivity index (χ0v) is 9.20. The minimum atomic E-state index is -0.672. The van der Waals surface area contributed by atoms with Crippen molar-refractivity contribution < 1.29 is 9.53 Å². The third kappa shape index (κ3) is 2.33. The number of rotatable bonds is 4. The number of ether oxygens (including phenoxy) is 1. The van der Waals surface area contributed by atoms with Crippen molar-refractivity contribution in [3.8, 4) is 0 Å². The van der Waals surface area contributed by atoms with Crippen LogP contribution in [-0.4, -0.2) is 28.0 Å². The van der Waals surface area contributed by atoms with Gasteiger partial charge in [-0.15, -0.1) is 5.10 Å². The van der Waals surface area contributed by atoms with Gasteiger partial charge < -0.3 is 10.5 Å². The van der Waals surface area contributed by atoms with Crippen molar-refractivity contribution in [3.63, 3.8) is 0 Å². The first-order valence-corrected chi connectivity index (χ1v) is 4.90. The van der Waals surface area contributed by atoms with E-state index in [4.69, 9.17) is 10.5 Å². The van der Waals surface area contributed by atoms with Crippen LogP contribution in [0, 0.1) is 0 Å². The quantitative estimate of drug-likeness (QED) is 0.711. The van der Waals surface area contributed by atoms with Gasteiger partial charge in [-0.05, 0) is 20.3 Å². The van der Waals surface area contributed by atoms with Crippen LogP contribution in [0.25, 0.3) is 0 Å². The highest BCUT2D eigenvalue weighted by Gasteiger charge is 2.30. The molecule has 0 aliphatic carbocycles. The van der Waals surface area contributed by atoms with E-state index in [1.165, 1.54) is 0 Å². The third-order valence-electron chi connectivity index (χ3n) is 2.29. The number of nitrogens with one attached hydrogen (secondary N) is 1. The van der Waals surface area contributed by atoms with Gasteiger partial charge in [0, 0.05) is 0 Å². The lowest BCUT2D eigenvalue weighted by molar-refractivity contribution is 0.0516. The molecule has 3 N–H and O–H groups in total. The first-order chi connectivity index (χ1) is 7.03. The van der Waals surface area contributed by atoms with Crippen molar-refractivity contribution in [2.24, 2.45) is 5.73 Å². The lowest BCUT2D eigenvalue weighted by atomic mass is 9.94. The van der Waals surface area contributed by atoms with Crippen molar-refractivity contribution in [1.29, 1.82) is 0 Å². The second kappa shape index (κ2) is 4.39. The summed E-state index contributed by atoms with van der Waals surface area (Å²) in [6.45, 7) is 5.76. The Labute approximate surface area is 88.2 Å². The molecule has 1 aromatic heterocycles. The number of aromatic nitrogens is 3. The Kier molecular flexibility index (Phi) is 3.41. The van der Waals surface area contributed by atoms with Crippen LogP contribution < -0.4 is 5.73 Å². The molecule has 0 aliphatic rings. The molecule has 1 rings (SSSR count). The normalized spacial score (nSPS) is 14.7. The molecule has 0 aliphatic heterocycles. The first-order valence-electron chi connectivity index (χ1n) is 4.90. The van der Waals surface area contributed by atoms with Gasteiger partial charge in [0.1, 0.15) is 5.69 Å². The predicted octanol–water partition coefficient (Wildman–Crippen LogP) is 0.565. The van der Waals surface area contributed by atoms with Crippen molar-refractivity contribution in [3.05, 3.63) is 11.4 Å². The molecule has 1 heterocycles. The number of nitrogens with two attached hydrogens (primary N) is 1. The largest absolute Gasteiger partial charge is 0.461 e. The van der Waals surface area contributed by atoms with E-state index in [2.05, 4.69) is 15.4 Å². The second-order valence-corrected chi connectivity index (χ2v) is 3.51. The van der Waals surface area contributed by atoms with E-state index in [-0.39, 0.29) is 5.69 Å². The highest BCUT2D eigenvalue weighted by Crippen LogP contribution is 2.21. The Morgan fingerprint density at radius 1 is 1.53 bits per heavy atom. The summed E-state index contributed by atoms with van der Waals surface area (Å²) < 4.78 is 4.85. The molecular weight excluding hydrogens is 196 g/mol. The van der Waals surface area contributed by atoms with Crippen LogP contribution in [0.4, 0.5) is 0 Å². The van der Waals surface area contributed by atoms with Gasteiger partial charge in [0.05, 0.1) is 12.1 Å². The maximum Gasteiger partial charge on any atom is 0.360 e. The average Bonchev–Trinajstić information content (AvgIpc) is 2.67. The van der Waals surface area contributed by atoms with E-state index in [1.54, 1.807) is 13.8 Å². The van der Waals surface area contributed by atoms with E-state index in [1.807, 2.05) is 6.92 Å². The van der Waals surface area contributed by atoms with Crippen LogP contribution in [-0.2, 0) is 10.3 Å². The Balaban J connectivity index is 3.01. The number of hydrogen-bond acceptors (Lipinski definition) is 5. The second-order valence-electron chi connectivity index (χ2n) is 3.51. The van der Waals surface area contributed by atoms with Crippen LogP contribution in [0.1, 0.15) is 43.4 Å². The van der Waals surface area contributed by atoms with Crippen molar-refractivity contribution in [1.82, 2.24) is 15.4 Å². The van der Waals surface area contributed by atoms with E-state index in [9.17, 15) is 4.79 Å². The number of H-pyrrole nitrogens is 1. The summed E-state index contributed by atoms with van der Waals surface area (Å²) >= 11 is 0. The minimum Gasteiger partial charge on any atom is -0.461 e. The molecule has 84 valence electrons. The van der Waals surface area contributed by atoms with E-state index in [0.717, 1.165) is 0 Å². The molecular formula is C9H16N4O2. The van der Waals surface area contributed by atoms with Gasteiger partial charge >= 0.3 is 5.97 Å². The van der Waals surface area contributed by atoms with Crippen LogP contribution in [0.3, 0.4) is 0 Å². The van der Waals surface area contributed by atoms with Gasteiger partial charge in [0.2, 0.25) is 0 Å². The van der Waals surface area contributed by atoms with Crippen molar-refractivity contribution in [2.75, 3.05) is 6.61 Å². The van der Waals surface area contributed by atoms with Gasteiger partial charge in [-0.2, -0.15) is 10.3 Å². The van der Waals surface area contributed by atoms with Gasteiger partial charge in [-0.25, -0.2) is 4.79 Å².